The minimum absolute atomic E-state index is 0.0774. The third kappa shape index (κ3) is 2.04. The van der Waals surface area contributed by atoms with Crippen LogP contribution in [-0.2, 0) is 6.42 Å². The number of ketones is 1. The largest absolute Gasteiger partial charge is 0.331 e. The first kappa shape index (κ1) is 11.8. The monoisotopic (exact) mass is 283 g/mol. The number of nitrogens with zero attached hydrogens (tertiary/aromatic N) is 3. The van der Waals surface area contributed by atoms with Gasteiger partial charge in [0.15, 0.2) is 10.8 Å². The molecule has 1 aliphatic carbocycles. The Morgan fingerprint density at radius 3 is 3.00 bits per heavy atom. The first-order chi connectivity index (χ1) is 9.81. The lowest BCUT2D eigenvalue weighted by molar-refractivity contribution is 0.0990. The molecule has 0 N–H and O–H groups in total. The molecule has 2 heterocycles. The molecule has 0 saturated heterocycles. The summed E-state index contributed by atoms with van der Waals surface area (Å²) in [5.41, 5.74) is 1.90. The summed E-state index contributed by atoms with van der Waals surface area (Å²) < 4.78 is 3.19. The zero-order chi connectivity index (χ0) is 13.5. The second-order valence-electron chi connectivity index (χ2n) is 5.11. The molecule has 0 amide bonds. The molecule has 0 unspecified atom stereocenters. The Hall–Kier alpha value is -2.01. The molecule has 20 heavy (non-hydrogen) atoms. The van der Waals surface area contributed by atoms with Crippen molar-refractivity contribution in [3.63, 3.8) is 0 Å². The van der Waals surface area contributed by atoms with E-state index < -0.39 is 0 Å². The Morgan fingerprint density at radius 1 is 1.35 bits per heavy atom. The summed E-state index contributed by atoms with van der Waals surface area (Å²) in [5.74, 6) is 0.0774. The molecule has 1 saturated carbocycles. The Balaban J connectivity index is 1.61. The third-order valence-corrected chi connectivity index (χ3v) is 4.64. The van der Waals surface area contributed by atoms with Crippen LogP contribution in [0.3, 0.4) is 0 Å². The predicted octanol–water partition coefficient (Wildman–Crippen LogP) is 3.25. The molecule has 4 rings (SSSR count). The van der Waals surface area contributed by atoms with Crippen molar-refractivity contribution in [3.05, 3.63) is 47.5 Å². The third-order valence-electron chi connectivity index (χ3n) is 3.56. The molecule has 3 aromatic rings. The van der Waals surface area contributed by atoms with Gasteiger partial charge in [-0.15, -0.1) is 11.3 Å². The van der Waals surface area contributed by atoms with E-state index >= 15 is 0 Å². The van der Waals surface area contributed by atoms with Gasteiger partial charge in [0.2, 0.25) is 0 Å². The highest BCUT2D eigenvalue weighted by molar-refractivity contribution is 7.20. The zero-order valence-electron chi connectivity index (χ0n) is 10.8. The molecule has 1 aromatic carbocycles. The summed E-state index contributed by atoms with van der Waals surface area (Å²) in [6, 6.07) is 8.40. The van der Waals surface area contributed by atoms with Gasteiger partial charge in [-0.2, -0.15) is 0 Å². The van der Waals surface area contributed by atoms with Gasteiger partial charge >= 0.3 is 0 Å². The van der Waals surface area contributed by atoms with Crippen LogP contribution in [0, 0.1) is 0 Å². The van der Waals surface area contributed by atoms with Gasteiger partial charge in [0.1, 0.15) is 0 Å². The topological polar surface area (TPSA) is 47.8 Å². The van der Waals surface area contributed by atoms with Gasteiger partial charge in [-0.05, 0) is 25.0 Å². The van der Waals surface area contributed by atoms with Crippen molar-refractivity contribution in [2.45, 2.75) is 25.3 Å². The summed E-state index contributed by atoms with van der Waals surface area (Å²) in [6.07, 6.45) is 6.40. The SMILES string of the molecule is O=C(Cc1cncn1C1CC1)c1nc2ccccc2s1. The van der Waals surface area contributed by atoms with Crippen molar-refractivity contribution in [1.82, 2.24) is 14.5 Å². The highest BCUT2D eigenvalue weighted by atomic mass is 32.1. The highest BCUT2D eigenvalue weighted by Gasteiger charge is 2.26. The molecule has 0 bridgehead atoms. The number of benzene rings is 1. The van der Waals surface area contributed by atoms with Crippen molar-refractivity contribution >= 4 is 27.3 Å². The van der Waals surface area contributed by atoms with Crippen molar-refractivity contribution in [2.75, 3.05) is 0 Å². The Labute approximate surface area is 120 Å². The quantitative estimate of drug-likeness (QED) is 0.690. The smallest absolute Gasteiger partial charge is 0.197 e. The van der Waals surface area contributed by atoms with Crippen LogP contribution in [0.5, 0.6) is 0 Å². The maximum Gasteiger partial charge on any atom is 0.197 e. The van der Waals surface area contributed by atoms with Crippen molar-refractivity contribution in [2.24, 2.45) is 0 Å². The molecule has 2 aromatic heterocycles. The number of carbonyl (C=O) groups is 1. The predicted molar refractivity (Wildman–Crippen MR) is 78.2 cm³/mol. The molecule has 0 radical (unpaired) electrons. The zero-order valence-corrected chi connectivity index (χ0v) is 11.6. The van der Waals surface area contributed by atoms with Gasteiger partial charge in [0, 0.05) is 17.9 Å². The molecule has 0 aliphatic heterocycles. The molecule has 0 atom stereocenters. The van der Waals surface area contributed by atoms with E-state index in [9.17, 15) is 4.79 Å². The Morgan fingerprint density at radius 2 is 2.20 bits per heavy atom. The second kappa shape index (κ2) is 4.52. The van der Waals surface area contributed by atoms with Crippen LogP contribution in [0.25, 0.3) is 10.2 Å². The van der Waals surface area contributed by atoms with Gasteiger partial charge in [-0.25, -0.2) is 9.97 Å². The number of rotatable bonds is 4. The van der Waals surface area contributed by atoms with Gasteiger partial charge in [-0.3, -0.25) is 4.79 Å². The van der Waals surface area contributed by atoms with Crippen LogP contribution >= 0.6 is 11.3 Å². The van der Waals surface area contributed by atoms with Crippen LogP contribution < -0.4 is 0 Å². The number of fused-ring (bicyclic) bond motifs is 1. The lowest BCUT2D eigenvalue weighted by atomic mass is 10.2. The summed E-state index contributed by atoms with van der Waals surface area (Å²) in [7, 11) is 0. The normalized spacial score (nSPS) is 14.8. The fourth-order valence-corrected chi connectivity index (χ4v) is 3.29. The molecular formula is C15H13N3OS. The summed E-state index contributed by atoms with van der Waals surface area (Å²) in [6.45, 7) is 0. The maximum absolute atomic E-state index is 12.4. The van der Waals surface area contributed by atoms with E-state index in [1.807, 2.05) is 30.6 Å². The number of carbonyl (C=O) groups excluding carboxylic acids is 1. The first-order valence-corrected chi connectivity index (χ1v) is 7.52. The molecule has 1 aliphatic rings. The molecule has 0 spiro atoms. The molecule has 4 nitrogen and oxygen atoms in total. The van der Waals surface area contributed by atoms with E-state index in [4.69, 9.17) is 0 Å². The van der Waals surface area contributed by atoms with E-state index in [1.165, 1.54) is 24.2 Å². The molecule has 100 valence electrons. The lowest BCUT2D eigenvalue weighted by Gasteiger charge is -2.04. The number of hydrogen-bond acceptors (Lipinski definition) is 4. The van der Waals surface area contributed by atoms with Crippen molar-refractivity contribution in [1.29, 1.82) is 0 Å². The standard InChI is InChI=1S/C15H13N3OS/c19-13(7-11-8-16-9-18(11)10-5-6-10)15-17-12-3-1-2-4-14(12)20-15/h1-4,8-10H,5-7H2. The Bertz CT molecular complexity index is 752. The number of thiazole rings is 1. The summed E-state index contributed by atoms with van der Waals surface area (Å²) >= 11 is 1.47. The molecular weight excluding hydrogens is 270 g/mol. The van der Waals surface area contributed by atoms with Crippen LogP contribution in [0.1, 0.15) is 34.4 Å². The number of Topliss-reactive ketones (excluding diaryl/α,β-unsaturated/α-hetero) is 1. The Kier molecular flexibility index (Phi) is 2.67. The average Bonchev–Trinajstić information content (AvgIpc) is 3.04. The van der Waals surface area contributed by atoms with Gasteiger partial charge in [0.05, 0.1) is 23.0 Å². The van der Waals surface area contributed by atoms with E-state index in [1.54, 1.807) is 6.20 Å². The van der Waals surface area contributed by atoms with Crippen LogP contribution in [0.2, 0.25) is 0 Å². The summed E-state index contributed by atoms with van der Waals surface area (Å²) in [5, 5.41) is 0.592. The second-order valence-corrected chi connectivity index (χ2v) is 6.14. The van der Waals surface area contributed by atoms with Gasteiger partial charge in [0.25, 0.3) is 0 Å². The highest BCUT2D eigenvalue weighted by Crippen LogP contribution is 2.36. The van der Waals surface area contributed by atoms with Crippen LogP contribution in [0.15, 0.2) is 36.8 Å². The van der Waals surface area contributed by atoms with E-state index in [-0.39, 0.29) is 5.78 Å². The van der Waals surface area contributed by atoms with Gasteiger partial charge in [-0.1, -0.05) is 12.1 Å². The number of para-hydroxylation sites is 1. The maximum atomic E-state index is 12.4. The van der Waals surface area contributed by atoms with Crippen LogP contribution in [-0.4, -0.2) is 20.3 Å². The van der Waals surface area contributed by atoms with E-state index in [0.29, 0.717) is 17.5 Å². The number of hydrogen-bond donors (Lipinski definition) is 0. The van der Waals surface area contributed by atoms with Crippen LogP contribution in [0.4, 0.5) is 0 Å². The minimum atomic E-state index is 0.0774. The van der Waals surface area contributed by atoms with E-state index in [0.717, 1.165) is 15.9 Å². The number of imidazole rings is 1. The fourth-order valence-electron chi connectivity index (χ4n) is 2.38. The molecule has 5 heteroatoms. The number of aromatic nitrogens is 3. The summed E-state index contributed by atoms with van der Waals surface area (Å²) in [4.78, 5) is 21.0. The van der Waals surface area contributed by atoms with Gasteiger partial charge < -0.3 is 4.57 Å². The molecule has 1 fully saturated rings. The fraction of sp³-hybridized carbons (Fsp3) is 0.267. The van der Waals surface area contributed by atoms with Crippen molar-refractivity contribution in [3.8, 4) is 0 Å². The lowest BCUT2D eigenvalue weighted by Crippen LogP contribution is -2.07. The average molecular weight is 283 g/mol. The minimum Gasteiger partial charge on any atom is -0.331 e. The van der Waals surface area contributed by atoms with E-state index in [2.05, 4.69) is 14.5 Å². The first-order valence-electron chi connectivity index (χ1n) is 6.71. The van der Waals surface area contributed by atoms with Crippen molar-refractivity contribution < 1.29 is 4.79 Å².